The first kappa shape index (κ1) is 21.8. The van der Waals surface area contributed by atoms with Gasteiger partial charge in [-0.25, -0.2) is 10.2 Å². The van der Waals surface area contributed by atoms with Gasteiger partial charge in [0.25, 0.3) is 5.91 Å². The SMILES string of the molecule is Cc1cccc(C(=O)Oc2ccc3ccccc3c2/C=N\NC(=O)COc2ccccc2)c1. The van der Waals surface area contributed by atoms with Crippen molar-refractivity contribution in [1.29, 1.82) is 0 Å². The van der Waals surface area contributed by atoms with Gasteiger partial charge in [0, 0.05) is 5.56 Å². The van der Waals surface area contributed by atoms with Gasteiger partial charge in [-0.3, -0.25) is 4.79 Å². The minimum absolute atomic E-state index is 0.175. The first-order valence-electron chi connectivity index (χ1n) is 10.4. The topological polar surface area (TPSA) is 77.0 Å². The van der Waals surface area contributed by atoms with Crippen LogP contribution in [0.1, 0.15) is 21.5 Å². The Balaban J connectivity index is 1.52. The van der Waals surface area contributed by atoms with Crippen LogP contribution in [0.3, 0.4) is 0 Å². The van der Waals surface area contributed by atoms with Gasteiger partial charge >= 0.3 is 5.97 Å². The van der Waals surface area contributed by atoms with E-state index < -0.39 is 11.9 Å². The molecule has 0 bridgehead atoms. The summed E-state index contributed by atoms with van der Waals surface area (Å²) < 4.78 is 11.1. The van der Waals surface area contributed by atoms with Gasteiger partial charge in [-0.2, -0.15) is 5.10 Å². The summed E-state index contributed by atoms with van der Waals surface area (Å²) in [5, 5.41) is 5.85. The average Bonchev–Trinajstić information content (AvgIpc) is 2.84. The molecule has 164 valence electrons. The number of carbonyl (C=O) groups is 2. The minimum atomic E-state index is -0.469. The van der Waals surface area contributed by atoms with E-state index in [2.05, 4.69) is 10.5 Å². The van der Waals surface area contributed by atoms with E-state index in [1.165, 1.54) is 6.21 Å². The molecule has 0 unspecified atom stereocenters. The highest BCUT2D eigenvalue weighted by Crippen LogP contribution is 2.27. The van der Waals surface area contributed by atoms with E-state index in [1.54, 1.807) is 30.3 Å². The number of amides is 1. The first-order chi connectivity index (χ1) is 16.1. The lowest BCUT2D eigenvalue weighted by Crippen LogP contribution is -2.24. The maximum Gasteiger partial charge on any atom is 0.343 e. The Morgan fingerprint density at radius 3 is 2.52 bits per heavy atom. The molecule has 4 aromatic rings. The van der Waals surface area contributed by atoms with Gasteiger partial charge in [0.2, 0.25) is 0 Å². The molecule has 0 spiro atoms. The van der Waals surface area contributed by atoms with Crippen molar-refractivity contribution in [3.05, 3.63) is 108 Å². The second-order valence-electron chi connectivity index (χ2n) is 7.35. The maximum absolute atomic E-state index is 12.7. The normalized spacial score (nSPS) is 10.8. The number of nitrogens with one attached hydrogen (secondary N) is 1. The summed E-state index contributed by atoms with van der Waals surface area (Å²) in [6.07, 6.45) is 1.47. The first-order valence-corrected chi connectivity index (χ1v) is 10.4. The molecule has 4 rings (SSSR count). The lowest BCUT2D eigenvalue weighted by Gasteiger charge is -2.11. The molecule has 0 aromatic heterocycles. The number of hydrazone groups is 1. The van der Waals surface area contributed by atoms with Crippen molar-refractivity contribution in [2.24, 2.45) is 5.10 Å². The third kappa shape index (κ3) is 5.62. The van der Waals surface area contributed by atoms with Gasteiger partial charge in [-0.1, -0.05) is 66.2 Å². The molecule has 6 nitrogen and oxygen atoms in total. The van der Waals surface area contributed by atoms with Gasteiger partial charge in [-0.05, 0) is 48.0 Å². The molecule has 4 aromatic carbocycles. The number of nitrogens with zero attached hydrogens (tertiary/aromatic N) is 1. The summed E-state index contributed by atoms with van der Waals surface area (Å²) in [7, 11) is 0. The number of para-hydroxylation sites is 1. The van der Waals surface area contributed by atoms with Crippen molar-refractivity contribution in [3.63, 3.8) is 0 Å². The van der Waals surface area contributed by atoms with Crippen molar-refractivity contribution in [3.8, 4) is 11.5 Å². The third-order valence-corrected chi connectivity index (χ3v) is 4.88. The largest absolute Gasteiger partial charge is 0.484 e. The predicted molar refractivity (Wildman–Crippen MR) is 128 cm³/mol. The van der Waals surface area contributed by atoms with Gasteiger partial charge < -0.3 is 9.47 Å². The van der Waals surface area contributed by atoms with Crippen LogP contribution >= 0.6 is 0 Å². The fraction of sp³-hybridized carbons (Fsp3) is 0.0741. The highest BCUT2D eigenvalue weighted by atomic mass is 16.5. The Morgan fingerprint density at radius 2 is 1.70 bits per heavy atom. The summed E-state index contributed by atoms with van der Waals surface area (Å²) in [6.45, 7) is 1.74. The lowest BCUT2D eigenvalue weighted by molar-refractivity contribution is -0.123. The van der Waals surface area contributed by atoms with Gasteiger partial charge in [0.1, 0.15) is 11.5 Å². The highest BCUT2D eigenvalue weighted by molar-refractivity contribution is 6.04. The highest BCUT2D eigenvalue weighted by Gasteiger charge is 2.14. The fourth-order valence-corrected chi connectivity index (χ4v) is 3.30. The molecule has 0 aliphatic carbocycles. The molecule has 0 fully saturated rings. The monoisotopic (exact) mass is 438 g/mol. The smallest absolute Gasteiger partial charge is 0.343 e. The summed E-state index contributed by atoms with van der Waals surface area (Å²) in [5.74, 6) is 0.0624. The Labute approximate surface area is 191 Å². The predicted octanol–water partition coefficient (Wildman–Crippen LogP) is 4.90. The second kappa shape index (κ2) is 10.2. The van der Waals surface area contributed by atoms with Crippen LogP contribution in [0.4, 0.5) is 0 Å². The molecule has 6 heteroatoms. The number of esters is 1. The number of ether oxygens (including phenoxy) is 2. The Kier molecular flexibility index (Phi) is 6.75. The van der Waals surface area contributed by atoms with Crippen LogP contribution in [0.15, 0.2) is 96.1 Å². The van der Waals surface area contributed by atoms with Crippen LogP contribution in [-0.4, -0.2) is 24.7 Å². The number of carbonyl (C=O) groups excluding carboxylic acids is 2. The molecule has 0 heterocycles. The van der Waals surface area contributed by atoms with Crippen LogP contribution in [0.5, 0.6) is 11.5 Å². The molecule has 0 aliphatic rings. The molecule has 1 N–H and O–H groups in total. The summed E-state index contributed by atoms with van der Waals surface area (Å²) in [6, 6.07) is 27.5. The second-order valence-corrected chi connectivity index (χ2v) is 7.35. The zero-order valence-corrected chi connectivity index (χ0v) is 18.0. The standard InChI is InChI=1S/C27H22N2O4/c1-19-8-7-10-21(16-19)27(31)33-25-15-14-20-9-5-6-13-23(20)24(25)17-28-29-26(30)18-32-22-11-3-2-4-12-22/h2-17H,18H2,1H3,(H,29,30)/b28-17-. The van der Waals surface area contributed by atoms with Crippen LogP contribution in [0.2, 0.25) is 0 Å². The van der Waals surface area contributed by atoms with Crippen molar-refractivity contribution in [2.75, 3.05) is 6.61 Å². The van der Waals surface area contributed by atoms with E-state index >= 15 is 0 Å². The molecule has 0 radical (unpaired) electrons. The Morgan fingerprint density at radius 1 is 0.909 bits per heavy atom. The van der Waals surface area contributed by atoms with E-state index in [0.29, 0.717) is 22.6 Å². The van der Waals surface area contributed by atoms with Crippen molar-refractivity contribution < 1.29 is 19.1 Å². The molecular weight excluding hydrogens is 416 g/mol. The number of rotatable bonds is 7. The maximum atomic E-state index is 12.7. The summed E-state index contributed by atoms with van der Waals surface area (Å²) in [4.78, 5) is 24.8. The summed E-state index contributed by atoms with van der Waals surface area (Å²) >= 11 is 0. The molecule has 0 saturated heterocycles. The number of aryl methyl sites for hydroxylation is 1. The van der Waals surface area contributed by atoms with E-state index in [1.807, 2.05) is 67.6 Å². The zero-order valence-electron chi connectivity index (χ0n) is 18.0. The molecule has 0 aliphatic heterocycles. The minimum Gasteiger partial charge on any atom is -0.484 e. The van der Waals surface area contributed by atoms with Crippen LogP contribution in [-0.2, 0) is 4.79 Å². The Bertz CT molecular complexity index is 1320. The average molecular weight is 438 g/mol. The molecule has 0 saturated carbocycles. The van der Waals surface area contributed by atoms with Gasteiger partial charge in [0.15, 0.2) is 6.61 Å². The number of benzene rings is 4. The van der Waals surface area contributed by atoms with E-state index in [9.17, 15) is 9.59 Å². The van der Waals surface area contributed by atoms with Crippen molar-refractivity contribution >= 4 is 28.9 Å². The van der Waals surface area contributed by atoms with E-state index in [0.717, 1.165) is 16.3 Å². The van der Waals surface area contributed by atoms with Crippen LogP contribution in [0.25, 0.3) is 10.8 Å². The van der Waals surface area contributed by atoms with Crippen molar-refractivity contribution in [2.45, 2.75) is 6.92 Å². The number of hydrogen-bond acceptors (Lipinski definition) is 5. The van der Waals surface area contributed by atoms with E-state index in [-0.39, 0.29) is 6.61 Å². The fourth-order valence-electron chi connectivity index (χ4n) is 3.30. The number of hydrogen-bond donors (Lipinski definition) is 1. The molecular formula is C27H22N2O4. The zero-order chi connectivity index (χ0) is 23.0. The molecule has 1 amide bonds. The lowest BCUT2D eigenvalue weighted by atomic mass is 10.0. The van der Waals surface area contributed by atoms with E-state index in [4.69, 9.17) is 9.47 Å². The third-order valence-electron chi connectivity index (χ3n) is 4.88. The van der Waals surface area contributed by atoms with Crippen molar-refractivity contribution in [1.82, 2.24) is 5.43 Å². The quantitative estimate of drug-likeness (QED) is 0.193. The van der Waals surface area contributed by atoms with Gasteiger partial charge in [-0.15, -0.1) is 0 Å². The van der Waals surface area contributed by atoms with Crippen LogP contribution in [0, 0.1) is 6.92 Å². The van der Waals surface area contributed by atoms with Gasteiger partial charge in [0.05, 0.1) is 11.8 Å². The number of fused-ring (bicyclic) bond motifs is 1. The molecule has 0 atom stereocenters. The summed E-state index contributed by atoms with van der Waals surface area (Å²) in [5.41, 5.74) is 4.45. The van der Waals surface area contributed by atoms with Crippen LogP contribution < -0.4 is 14.9 Å². The Hall–Kier alpha value is -4.45. The molecule has 33 heavy (non-hydrogen) atoms.